The van der Waals surface area contributed by atoms with Crippen molar-refractivity contribution < 1.29 is 9.72 Å². The number of hydrogen-bond donors (Lipinski definition) is 1. The maximum atomic E-state index is 11.9. The molecule has 0 fully saturated rings. The highest BCUT2D eigenvalue weighted by molar-refractivity contribution is 7.98. The summed E-state index contributed by atoms with van der Waals surface area (Å²) in [5.74, 6) is 0.809. The summed E-state index contributed by atoms with van der Waals surface area (Å²) in [6.45, 7) is 0.640. The Kier molecular flexibility index (Phi) is 6.30. The maximum Gasteiger partial charge on any atom is 0.292 e. The first-order valence-corrected chi connectivity index (χ1v) is 7.59. The van der Waals surface area contributed by atoms with E-state index in [9.17, 15) is 14.9 Å². The van der Waals surface area contributed by atoms with Gasteiger partial charge in [0.15, 0.2) is 0 Å². The molecule has 110 valence electrons. The molecule has 0 aromatic heterocycles. The van der Waals surface area contributed by atoms with E-state index in [1.165, 1.54) is 17.0 Å². The van der Waals surface area contributed by atoms with Crippen LogP contribution in [0.15, 0.2) is 18.2 Å². The van der Waals surface area contributed by atoms with E-state index in [2.05, 4.69) is 5.32 Å². The molecular weight excluding hydrogens is 278 g/mol. The zero-order chi connectivity index (χ0) is 15.1. The van der Waals surface area contributed by atoms with E-state index in [0.717, 1.165) is 12.2 Å². The highest BCUT2D eigenvalue weighted by Gasteiger charge is 2.17. The third-order valence-corrected chi connectivity index (χ3v) is 3.38. The molecule has 0 saturated heterocycles. The van der Waals surface area contributed by atoms with E-state index in [-0.39, 0.29) is 11.6 Å². The van der Waals surface area contributed by atoms with Gasteiger partial charge in [-0.2, -0.15) is 11.8 Å². The van der Waals surface area contributed by atoms with E-state index in [1.54, 1.807) is 31.9 Å². The van der Waals surface area contributed by atoms with Crippen LogP contribution in [0, 0.1) is 10.1 Å². The summed E-state index contributed by atoms with van der Waals surface area (Å²) in [7, 11) is 3.30. The molecule has 1 N–H and O–H groups in total. The average Bonchev–Trinajstić information content (AvgIpc) is 2.42. The van der Waals surface area contributed by atoms with Crippen LogP contribution in [0.4, 0.5) is 11.4 Å². The van der Waals surface area contributed by atoms with Crippen molar-refractivity contribution in [1.82, 2.24) is 4.90 Å². The number of rotatable bonds is 7. The second-order valence-corrected chi connectivity index (χ2v) is 5.45. The Balaban J connectivity index is 2.94. The normalized spacial score (nSPS) is 10.2. The average molecular weight is 297 g/mol. The summed E-state index contributed by atoms with van der Waals surface area (Å²) in [5.41, 5.74) is 0.821. The van der Waals surface area contributed by atoms with Crippen molar-refractivity contribution in [2.45, 2.75) is 6.42 Å². The molecule has 0 radical (unpaired) electrons. The first-order chi connectivity index (χ1) is 9.47. The number of anilines is 1. The van der Waals surface area contributed by atoms with Crippen molar-refractivity contribution in [3.05, 3.63) is 33.9 Å². The minimum atomic E-state index is -0.444. The van der Waals surface area contributed by atoms with Crippen LogP contribution < -0.4 is 5.32 Å². The topological polar surface area (TPSA) is 75.5 Å². The zero-order valence-electron chi connectivity index (χ0n) is 11.9. The van der Waals surface area contributed by atoms with E-state index in [1.807, 2.05) is 6.26 Å². The van der Waals surface area contributed by atoms with Gasteiger partial charge in [0.1, 0.15) is 5.69 Å². The zero-order valence-corrected chi connectivity index (χ0v) is 12.7. The highest BCUT2D eigenvalue weighted by Crippen LogP contribution is 2.26. The van der Waals surface area contributed by atoms with Crippen LogP contribution in [0.25, 0.3) is 0 Å². The second kappa shape index (κ2) is 7.74. The first-order valence-electron chi connectivity index (χ1n) is 6.20. The van der Waals surface area contributed by atoms with Crippen molar-refractivity contribution in [3.8, 4) is 0 Å². The molecule has 0 spiro atoms. The van der Waals surface area contributed by atoms with Gasteiger partial charge in [-0.15, -0.1) is 0 Å². The fraction of sp³-hybridized carbons (Fsp3) is 0.462. The van der Waals surface area contributed by atoms with Crippen molar-refractivity contribution in [1.29, 1.82) is 0 Å². The highest BCUT2D eigenvalue weighted by atomic mass is 32.2. The maximum absolute atomic E-state index is 11.9. The summed E-state index contributed by atoms with van der Waals surface area (Å²) in [6, 6.07) is 4.39. The van der Waals surface area contributed by atoms with Crippen LogP contribution in [-0.2, 0) is 0 Å². The Morgan fingerprint density at radius 1 is 1.45 bits per heavy atom. The molecule has 1 aromatic rings. The van der Waals surface area contributed by atoms with Crippen LogP contribution in [0.2, 0.25) is 0 Å². The largest absolute Gasteiger partial charge is 0.379 e. The van der Waals surface area contributed by atoms with Gasteiger partial charge in [-0.25, -0.2) is 0 Å². The van der Waals surface area contributed by atoms with Gasteiger partial charge in [-0.3, -0.25) is 14.9 Å². The summed E-state index contributed by atoms with van der Waals surface area (Å²) >= 11 is 1.72. The van der Waals surface area contributed by atoms with Crippen LogP contribution in [-0.4, -0.2) is 48.4 Å². The van der Waals surface area contributed by atoms with Gasteiger partial charge in [0.25, 0.3) is 11.6 Å². The molecule has 1 amide bonds. The van der Waals surface area contributed by atoms with Gasteiger partial charge in [-0.1, -0.05) is 0 Å². The summed E-state index contributed by atoms with van der Waals surface area (Å²) in [4.78, 5) is 23.9. The first kappa shape index (κ1) is 16.3. The van der Waals surface area contributed by atoms with Crippen molar-refractivity contribution >= 4 is 29.0 Å². The third kappa shape index (κ3) is 4.41. The smallest absolute Gasteiger partial charge is 0.292 e. The van der Waals surface area contributed by atoms with Gasteiger partial charge >= 0.3 is 0 Å². The number of carbonyl (C=O) groups is 1. The van der Waals surface area contributed by atoms with Gasteiger partial charge in [0, 0.05) is 32.3 Å². The number of carbonyl (C=O) groups excluding carboxylic acids is 1. The monoisotopic (exact) mass is 297 g/mol. The Labute approximate surface area is 122 Å². The molecule has 20 heavy (non-hydrogen) atoms. The van der Waals surface area contributed by atoms with Crippen LogP contribution in [0.5, 0.6) is 0 Å². The van der Waals surface area contributed by atoms with E-state index in [4.69, 9.17) is 0 Å². The van der Waals surface area contributed by atoms with Crippen LogP contribution in [0.1, 0.15) is 16.8 Å². The van der Waals surface area contributed by atoms with Crippen molar-refractivity contribution in [3.63, 3.8) is 0 Å². The lowest BCUT2D eigenvalue weighted by molar-refractivity contribution is -0.384. The molecule has 7 heteroatoms. The Morgan fingerprint density at radius 2 is 2.15 bits per heavy atom. The Morgan fingerprint density at radius 3 is 2.70 bits per heavy atom. The minimum absolute atomic E-state index is 0.00976. The summed E-state index contributed by atoms with van der Waals surface area (Å²) in [5, 5.41) is 14.0. The number of benzene rings is 1. The quantitative estimate of drug-likeness (QED) is 0.475. The van der Waals surface area contributed by atoms with E-state index < -0.39 is 4.92 Å². The number of hydrogen-bond acceptors (Lipinski definition) is 5. The molecule has 0 aliphatic carbocycles. The second-order valence-electron chi connectivity index (χ2n) is 4.46. The summed E-state index contributed by atoms with van der Waals surface area (Å²) in [6.07, 6.45) is 2.92. The van der Waals surface area contributed by atoms with E-state index in [0.29, 0.717) is 17.8 Å². The third-order valence-electron chi connectivity index (χ3n) is 2.69. The molecule has 1 aromatic carbocycles. The van der Waals surface area contributed by atoms with E-state index >= 15 is 0 Å². The molecule has 0 unspecified atom stereocenters. The van der Waals surface area contributed by atoms with Crippen molar-refractivity contribution in [2.75, 3.05) is 38.0 Å². The number of thioether (sulfide) groups is 1. The fourth-order valence-electron chi connectivity index (χ4n) is 1.67. The van der Waals surface area contributed by atoms with Gasteiger partial charge in [-0.05, 0) is 30.6 Å². The minimum Gasteiger partial charge on any atom is -0.379 e. The van der Waals surface area contributed by atoms with Gasteiger partial charge in [0.05, 0.1) is 4.92 Å². The SMILES string of the molecule is CSCCCNc1cc(C(=O)N(C)C)ccc1[N+](=O)[O-]. The molecule has 0 aliphatic rings. The fourth-order valence-corrected chi connectivity index (χ4v) is 2.10. The molecule has 6 nitrogen and oxygen atoms in total. The number of nitro benzene ring substituents is 1. The summed E-state index contributed by atoms with van der Waals surface area (Å²) < 4.78 is 0. The number of nitro groups is 1. The van der Waals surface area contributed by atoms with Crippen molar-refractivity contribution in [2.24, 2.45) is 0 Å². The number of nitrogens with one attached hydrogen (secondary N) is 1. The number of amides is 1. The Hall–Kier alpha value is -1.76. The predicted octanol–water partition coefficient (Wildman–Crippen LogP) is 2.46. The standard InChI is InChI=1S/C13H19N3O3S/c1-15(2)13(17)10-5-6-12(16(18)19)11(9-10)14-7-4-8-20-3/h5-6,9,14H,4,7-8H2,1-3H3. The molecule has 0 heterocycles. The van der Waals surface area contributed by atoms with Gasteiger partial charge < -0.3 is 10.2 Å². The molecule has 0 bridgehead atoms. The predicted molar refractivity (Wildman–Crippen MR) is 82.6 cm³/mol. The molecule has 0 atom stereocenters. The lowest BCUT2D eigenvalue weighted by Gasteiger charge is -2.12. The molecule has 0 aliphatic heterocycles. The van der Waals surface area contributed by atoms with Crippen LogP contribution >= 0.6 is 11.8 Å². The number of nitrogens with zero attached hydrogens (tertiary/aromatic N) is 2. The Bertz CT molecular complexity index is 492. The molecule has 1 rings (SSSR count). The lowest BCUT2D eigenvalue weighted by atomic mass is 10.1. The molecular formula is C13H19N3O3S. The van der Waals surface area contributed by atoms with Gasteiger partial charge in [0.2, 0.25) is 0 Å². The molecule has 0 saturated carbocycles. The van der Waals surface area contributed by atoms with Crippen LogP contribution in [0.3, 0.4) is 0 Å². The lowest BCUT2D eigenvalue weighted by Crippen LogP contribution is -2.21.